The molecule has 1 aliphatic carbocycles. The highest BCUT2D eigenvalue weighted by Gasteiger charge is 2.28. The predicted molar refractivity (Wildman–Crippen MR) is 95.5 cm³/mol. The van der Waals surface area contributed by atoms with Gasteiger partial charge in [0, 0.05) is 12.1 Å². The van der Waals surface area contributed by atoms with Gasteiger partial charge in [0.05, 0.1) is 21.8 Å². The summed E-state index contributed by atoms with van der Waals surface area (Å²) < 4.78 is 1.73. The molecule has 5 rings (SSSR count). The Bertz CT molecular complexity index is 1010. The van der Waals surface area contributed by atoms with Crippen molar-refractivity contribution in [3.63, 3.8) is 0 Å². The number of thiophene rings is 1. The first-order valence-corrected chi connectivity index (χ1v) is 9.03. The molecule has 6 nitrogen and oxygen atoms in total. The minimum Gasteiger partial charge on any atom is -0.240 e. The van der Waals surface area contributed by atoms with Crippen LogP contribution in [0.4, 0.5) is 0 Å². The molecule has 25 heavy (non-hydrogen) atoms. The van der Waals surface area contributed by atoms with Gasteiger partial charge in [-0.15, -0.1) is 16.4 Å². The van der Waals surface area contributed by atoms with Gasteiger partial charge in [0.1, 0.15) is 5.82 Å². The lowest BCUT2D eigenvalue weighted by atomic mass is 10.1. The molecular weight excluding hydrogens is 332 g/mol. The van der Waals surface area contributed by atoms with E-state index in [2.05, 4.69) is 32.0 Å². The van der Waals surface area contributed by atoms with Crippen molar-refractivity contribution in [2.24, 2.45) is 0 Å². The van der Waals surface area contributed by atoms with Crippen molar-refractivity contribution in [3.8, 4) is 27.6 Å². The van der Waals surface area contributed by atoms with Crippen LogP contribution in [-0.4, -0.2) is 30.2 Å². The molecule has 3 aromatic heterocycles. The minimum absolute atomic E-state index is 0.498. The molecule has 122 valence electrons. The van der Waals surface area contributed by atoms with Crippen LogP contribution in [0.2, 0.25) is 0 Å². The monoisotopic (exact) mass is 346 g/mol. The van der Waals surface area contributed by atoms with Crippen LogP contribution in [0, 0.1) is 0 Å². The summed E-state index contributed by atoms with van der Waals surface area (Å²) in [5.41, 5.74) is 2.66. The zero-order valence-corrected chi connectivity index (χ0v) is 14.1. The molecule has 1 aliphatic rings. The van der Waals surface area contributed by atoms with Crippen molar-refractivity contribution < 1.29 is 0 Å². The van der Waals surface area contributed by atoms with Crippen molar-refractivity contribution in [1.82, 2.24) is 30.2 Å². The number of hydrogen-bond acceptors (Lipinski definition) is 6. The van der Waals surface area contributed by atoms with Crippen molar-refractivity contribution in [2.45, 2.75) is 18.8 Å². The Morgan fingerprint density at radius 3 is 2.68 bits per heavy atom. The van der Waals surface area contributed by atoms with Gasteiger partial charge in [0.15, 0.2) is 5.82 Å². The molecule has 1 aromatic carbocycles. The molecule has 0 atom stereocenters. The third-order valence-corrected chi connectivity index (χ3v) is 5.09. The van der Waals surface area contributed by atoms with Crippen LogP contribution in [0.5, 0.6) is 0 Å². The summed E-state index contributed by atoms with van der Waals surface area (Å²) in [5.74, 6) is 2.07. The first-order valence-electron chi connectivity index (χ1n) is 8.15. The van der Waals surface area contributed by atoms with Gasteiger partial charge >= 0.3 is 0 Å². The summed E-state index contributed by atoms with van der Waals surface area (Å²) in [6, 6.07) is 14.0. The maximum Gasteiger partial charge on any atom is 0.190 e. The molecule has 3 heterocycles. The lowest BCUT2D eigenvalue weighted by Gasteiger charge is -2.09. The van der Waals surface area contributed by atoms with E-state index in [0.717, 1.165) is 27.6 Å². The number of tetrazole rings is 1. The van der Waals surface area contributed by atoms with E-state index in [0.29, 0.717) is 11.7 Å². The number of hydrogen-bond donors (Lipinski definition) is 0. The Kier molecular flexibility index (Phi) is 3.38. The first-order chi connectivity index (χ1) is 12.4. The molecule has 0 spiro atoms. The largest absolute Gasteiger partial charge is 0.240 e. The molecule has 0 radical (unpaired) electrons. The summed E-state index contributed by atoms with van der Waals surface area (Å²) in [6.45, 7) is 0. The number of para-hydroxylation sites is 1. The van der Waals surface area contributed by atoms with Crippen LogP contribution in [0.3, 0.4) is 0 Å². The zero-order valence-electron chi connectivity index (χ0n) is 13.3. The molecule has 4 aromatic rings. The lowest BCUT2D eigenvalue weighted by molar-refractivity contribution is 0.791. The first kappa shape index (κ1) is 14.4. The van der Waals surface area contributed by atoms with Crippen LogP contribution in [0.1, 0.15) is 24.6 Å². The fraction of sp³-hybridized carbons (Fsp3) is 0.167. The average Bonchev–Trinajstić information content (AvgIpc) is 3.17. The summed E-state index contributed by atoms with van der Waals surface area (Å²) >= 11 is 1.66. The van der Waals surface area contributed by atoms with Gasteiger partial charge in [-0.2, -0.15) is 4.68 Å². The molecule has 7 heteroatoms. The van der Waals surface area contributed by atoms with E-state index in [1.165, 1.54) is 12.8 Å². The molecule has 0 bridgehead atoms. The van der Waals surface area contributed by atoms with E-state index < -0.39 is 0 Å². The van der Waals surface area contributed by atoms with Crippen molar-refractivity contribution in [1.29, 1.82) is 0 Å². The quantitative estimate of drug-likeness (QED) is 0.563. The maximum atomic E-state index is 4.86. The molecule has 0 aliphatic heterocycles. The van der Waals surface area contributed by atoms with Gasteiger partial charge in [0.2, 0.25) is 0 Å². The van der Waals surface area contributed by atoms with Gasteiger partial charge in [0.25, 0.3) is 0 Å². The highest BCUT2D eigenvalue weighted by Crippen LogP contribution is 2.40. The van der Waals surface area contributed by atoms with E-state index in [4.69, 9.17) is 4.98 Å². The molecule has 0 unspecified atom stereocenters. The minimum atomic E-state index is 0.498. The van der Waals surface area contributed by atoms with E-state index in [1.54, 1.807) is 16.0 Å². The lowest BCUT2D eigenvalue weighted by Crippen LogP contribution is -2.03. The maximum absolute atomic E-state index is 4.86. The van der Waals surface area contributed by atoms with E-state index in [9.17, 15) is 0 Å². The number of nitrogens with zero attached hydrogens (tertiary/aromatic N) is 6. The molecule has 0 saturated heterocycles. The highest BCUT2D eigenvalue weighted by molar-refractivity contribution is 7.13. The second kappa shape index (κ2) is 5.86. The van der Waals surface area contributed by atoms with Crippen molar-refractivity contribution in [2.75, 3.05) is 0 Å². The van der Waals surface area contributed by atoms with Gasteiger partial charge < -0.3 is 0 Å². The third-order valence-electron chi connectivity index (χ3n) is 4.22. The summed E-state index contributed by atoms with van der Waals surface area (Å²) in [7, 11) is 0. The van der Waals surface area contributed by atoms with Crippen molar-refractivity contribution in [3.05, 3.63) is 59.9 Å². The highest BCUT2D eigenvalue weighted by atomic mass is 32.1. The van der Waals surface area contributed by atoms with Gasteiger partial charge in [-0.05, 0) is 46.8 Å². The Morgan fingerprint density at radius 2 is 1.92 bits per heavy atom. The second-order valence-corrected chi connectivity index (χ2v) is 6.94. The van der Waals surface area contributed by atoms with E-state index in [-0.39, 0.29) is 0 Å². The van der Waals surface area contributed by atoms with E-state index >= 15 is 0 Å². The molecule has 1 saturated carbocycles. The Hall–Kier alpha value is -2.93. The standard InChI is InChI=1S/C18H14N6S/c1-2-5-13(6-3-1)24-18(21-22-23-24)14-11-19-17(12-8-9-12)20-16(14)15-7-4-10-25-15/h1-7,10-12H,8-9H2. The smallest absolute Gasteiger partial charge is 0.190 e. The average molecular weight is 346 g/mol. The SMILES string of the molecule is c1ccc(-n2nnnc2-c2cnc(C3CC3)nc2-c2cccs2)cc1. The normalized spacial score (nSPS) is 13.9. The van der Waals surface area contributed by atoms with Crippen LogP contribution >= 0.6 is 11.3 Å². The summed E-state index contributed by atoms with van der Waals surface area (Å²) in [6.07, 6.45) is 4.21. The molecule has 0 N–H and O–H groups in total. The van der Waals surface area contributed by atoms with Crippen molar-refractivity contribution >= 4 is 11.3 Å². The molecule has 0 amide bonds. The van der Waals surface area contributed by atoms with Crippen LogP contribution in [-0.2, 0) is 0 Å². The van der Waals surface area contributed by atoms with E-state index in [1.807, 2.05) is 42.6 Å². The fourth-order valence-corrected chi connectivity index (χ4v) is 3.52. The van der Waals surface area contributed by atoms with Gasteiger partial charge in [-0.3, -0.25) is 0 Å². The van der Waals surface area contributed by atoms with Crippen LogP contribution in [0.25, 0.3) is 27.6 Å². The Morgan fingerprint density at radius 1 is 1.04 bits per heavy atom. The third kappa shape index (κ3) is 2.62. The topological polar surface area (TPSA) is 69.4 Å². The second-order valence-electron chi connectivity index (χ2n) is 5.99. The van der Waals surface area contributed by atoms with Crippen LogP contribution < -0.4 is 0 Å². The Labute approximate surface area is 148 Å². The molecular formula is C18H14N6S. The summed E-state index contributed by atoms with van der Waals surface area (Å²) in [5, 5.41) is 14.3. The Balaban J connectivity index is 1.69. The van der Waals surface area contributed by atoms with Crippen LogP contribution in [0.15, 0.2) is 54.0 Å². The van der Waals surface area contributed by atoms with Gasteiger partial charge in [-0.25, -0.2) is 9.97 Å². The summed E-state index contributed by atoms with van der Waals surface area (Å²) in [4.78, 5) is 10.5. The number of aromatic nitrogens is 6. The fourth-order valence-electron chi connectivity index (χ4n) is 2.80. The molecule has 1 fully saturated rings. The van der Waals surface area contributed by atoms with Gasteiger partial charge in [-0.1, -0.05) is 24.3 Å². The predicted octanol–water partition coefficient (Wildman–Crippen LogP) is 3.73. The number of rotatable bonds is 4. The number of benzene rings is 1. The zero-order chi connectivity index (χ0) is 16.6.